The third-order valence-electron chi connectivity index (χ3n) is 3.45. The van der Waals surface area contributed by atoms with E-state index in [-0.39, 0.29) is 30.2 Å². The molecule has 6 heteroatoms. The van der Waals surface area contributed by atoms with E-state index < -0.39 is 0 Å². The number of halogens is 2. The Labute approximate surface area is 130 Å². The summed E-state index contributed by atoms with van der Waals surface area (Å²) in [5.74, 6) is 0.881. The van der Waals surface area contributed by atoms with Gasteiger partial charge >= 0.3 is 0 Å². The molecule has 1 aromatic carbocycles. The van der Waals surface area contributed by atoms with Gasteiger partial charge in [0, 0.05) is 5.56 Å². The summed E-state index contributed by atoms with van der Waals surface area (Å²) in [6, 6.07) is 4.00. The van der Waals surface area contributed by atoms with Crippen LogP contribution >= 0.6 is 12.4 Å². The lowest BCUT2D eigenvalue weighted by Crippen LogP contribution is -2.36. The minimum atomic E-state index is -0.339. The first kappa shape index (κ1) is 17.7. The zero-order valence-electron chi connectivity index (χ0n) is 12.3. The van der Waals surface area contributed by atoms with Crippen molar-refractivity contribution in [2.45, 2.75) is 25.8 Å². The second-order valence-corrected chi connectivity index (χ2v) is 5.25. The molecule has 21 heavy (non-hydrogen) atoms. The van der Waals surface area contributed by atoms with Crippen molar-refractivity contribution in [3.8, 4) is 5.75 Å². The maximum atomic E-state index is 13.3. The first-order valence-corrected chi connectivity index (χ1v) is 6.93. The fraction of sp³-hybridized carbons (Fsp3) is 0.533. The highest BCUT2D eigenvalue weighted by Gasteiger charge is 2.21. The van der Waals surface area contributed by atoms with Crippen molar-refractivity contribution in [3.63, 3.8) is 0 Å². The van der Waals surface area contributed by atoms with Gasteiger partial charge in [-0.05, 0) is 50.4 Å². The van der Waals surface area contributed by atoms with Crippen LogP contribution in [0.5, 0.6) is 5.75 Å². The van der Waals surface area contributed by atoms with Crippen LogP contribution in [-0.4, -0.2) is 26.1 Å². The van der Waals surface area contributed by atoms with Crippen molar-refractivity contribution in [1.82, 2.24) is 10.6 Å². The van der Waals surface area contributed by atoms with Crippen molar-refractivity contribution < 1.29 is 13.9 Å². The Bertz CT molecular complexity index is 481. The first-order chi connectivity index (χ1) is 9.60. The molecule has 0 aromatic heterocycles. The number of rotatable bonds is 7. The molecule has 1 aliphatic carbocycles. The van der Waals surface area contributed by atoms with Crippen LogP contribution in [-0.2, 0) is 4.79 Å². The summed E-state index contributed by atoms with van der Waals surface area (Å²) in [7, 11) is 1.53. The van der Waals surface area contributed by atoms with Gasteiger partial charge in [0.2, 0.25) is 5.91 Å². The molecule has 1 aliphatic rings. The van der Waals surface area contributed by atoms with Gasteiger partial charge in [-0.1, -0.05) is 0 Å². The van der Waals surface area contributed by atoms with Gasteiger partial charge in [-0.25, -0.2) is 4.39 Å². The fourth-order valence-corrected chi connectivity index (χ4v) is 2.13. The Morgan fingerprint density at radius 1 is 1.48 bits per heavy atom. The maximum absolute atomic E-state index is 13.3. The monoisotopic (exact) mass is 316 g/mol. The van der Waals surface area contributed by atoms with Crippen molar-refractivity contribution in [1.29, 1.82) is 0 Å². The van der Waals surface area contributed by atoms with E-state index in [2.05, 4.69) is 10.6 Å². The largest absolute Gasteiger partial charge is 0.496 e. The molecule has 0 heterocycles. The van der Waals surface area contributed by atoms with Crippen molar-refractivity contribution in [2.75, 3.05) is 20.2 Å². The molecule has 2 rings (SSSR count). The molecule has 0 bridgehead atoms. The van der Waals surface area contributed by atoms with Gasteiger partial charge in [0.15, 0.2) is 0 Å². The summed E-state index contributed by atoms with van der Waals surface area (Å²) >= 11 is 0. The Balaban J connectivity index is 0.00000220. The van der Waals surface area contributed by atoms with Gasteiger partial charge in [0.05, 0.1) is 19.7 Å². The predicted molar refractivity (Wildman–Crippen MR) is 82.4 cm³/mol. The fourth-order valence-electron chi connectivity index (χ4n) is 2.13. The molecule has 1 unspecified atom stereocenters. The second kappa shape index (κ2) is 8.20. The Morgan fingerprint density at radius 3 is 2.81 bits per heavy atom. The summed E-state index contributed by atoms with van der Waals surface area (Å²) in [5, 5.41) is 5.97. The second-order valence-electron chi connectivity index (χ2n) is 5.25. The lowest BCUT2D eigenvalue weighted by atomic mass is 10.1. The van der Waals surface area contributed by atoms with E-state index in [1.54, 1.807) is 6.07 Å². The highest BCUT2D eigenvalue weighted by Crippen LogP contribution is 2.27. The number of hydrogen-bond acceptors (Lipinski definition) is 3. The highest BCUT2D eigenvalue weighted by atomic mass is 35.5. The van der Waals surface area contributed by atoms with Crippen molar-refractivity contribution in [3.05, 3.63) is 29.6 Å². The molecule has 2 N–H and O–H groups in total. The molecular weight excluding hydrogens is 295 g/mol. The average molecular weight is 317 g/mol. The van der Waals surface area contributed by atoms with Crippen LogP contribution in [0.3, 0.4) is 0 Å². The number of hydrogen-bond donors (Lipinski definition) is 2. The van der Waals surface area contributed by atoms with Gasteiger partial charge in [0.1, 0.15) is 11.6 Å². The minimum Gasteiger partial charge on any atom is -0.496 e. The van der Waals surface area contributed by atoms with Crippen molar-refractivity contribution >= 4 is 18.3 Å². The van der Waals surface area contributed by atoms with E-state index in [1.807, 2.05) is 6.92 Å². The number of carbonyl (C=O) groups excluding carboxylic acids is 1. The van der Waals surface area contributed by atoms with Gasteiger partial charge in [-0.2, -0.15) is 0 Å². The van der Waals surface area contributed by atoms with Crippen LogP contribution < -0.4 is 15.4 Å². The van der Waals surface area contributed by atoms with E-state index in [1.165, 1.54) is 32.1 Å². The third kappa shape index (κ3) is 5.52. The van der Waals surface area contributed by atoms with Gasteiger partial charge in [0.25, 0.3) is 0 Å². The molecule has 1 atom stereocenters. The molecule has 0 saturated heterocycles. The molecular formula is C15H22ClFN2O2. The van der Waals surface area contributed by atoms with Crippen LogP contribution in [0.4, 0.5) is 4.39 Å². The summed E-state index contributed by atoms with van der Waals surface area (Å²) in [4.78, 5) is 11.8. The first-order valence-electron chi connectivity index (χ1n) is 6.93. The number of carbonyl (C=O) groups is 1. The zero-order chi connectivity index (χ0) is 14.5. The smallest absolute Gasteiger partial charge is 0.234 e. The van der Waals surface area contributed by atoms with E-state index in [0.29, 0.717) is 17.9 Å². The minimum absolute atomic E-state index is 0. The lowest BCUT2D eigenvalue weighted by molar-refractivity contribution is -0.120. The number of amides is 1. The summed E-state index contributed by atoms with van der Waals surface area (Å²) in [6.07, 6.45) is 2.51. The van der Waals surface area contributed by atoms with Gasteiger partial charge in [-0.15, -0.1) is 12.4 Å². The molecule has 118 valence electrons. The topological polar surface area (TPSA) is 50.4 Å². The van der Waals surface area contributed by atoms with Crippen LogP contribution in [0.2, 0.25) is 0 Å². The number of methoxy groups -OCH3 is 1. The molecule has 1 saturated carbocycles. The Morgan fingerprint density at radius 2 is 2.19 bits per heavy atom. The maximum Gasteiger partial charge on any atom is 0.234 e. The predicted octanol–water partition coefficient (Wildman–Crippen LogP) is 2.43. The molecule has 1 aromatic rings. The van der Waals surface area contributed by atoms with Crippen LogP contribution in [0.15, 0.2) is 18.2 Å². The van der Waals surface area contributed by atoms with E-state index in [4.69, 9.17) is 4.74 Å². The lowest BCUT2D eigenvalue weighted by Gasteiger charge is -2.17. The number of ether oxygens (including phenoxy) is 1. The van der Waals surface area contributed by atoms with Gasteiger partial charge < -0.3 is 15.4 Å². The Hall–Kier alpha value is -1.33. The molecule has 0 radical (unpaired) electrons. The van der Waals surface area contributed by atoms with Crippen molar-refractivity contribution in [2.24, 2.45) is 5.92 Å². The number of nitrogens with one attached hydrogen (secondary N) is 2. The van der Waals surface area contributed by atoms with E-state index in [0.717, 1.165) is 12.5 Å². The standard InChI is InChI=1S/C15H21FN2O2.ClH/c1-10(13-7-12(16)5-6-14(13)20-2)18-15(19)9-17-8-11-3-4-11;/h5-7,10-11,17H,3-4,8-9H2,1-2H3,(H,18,19);1H. The highest BCUT2D eigenvalue weighted by molar-refractivity contribution is 5.85. The third-order valence-corrected chi connectivity index (χ3v) is 3.45. The molecule has 1 fully saturated rings. The summed E-state index contributed by atoms with van der Waals surface area (Å²) in [6.45, 7) is 3.00. The summed E-state index contributed by atoms with van der Waals surface area (Å²) in [5.41, 5.74) is 0.642. The molecule has 4 nitrogen and oxygen atoms in total. The normalized spacial score (nSPS) is 15.0. The molecule has 0 aliphatic heterocycles. The SMILES string of the molecule is COc1ccc(F)cc1C(C)NC(=O)CNCC1CC1.Cl. The molecule has 0 spiro atoms. The Kier molecular flexibility index (Phi) is 6.92. The average Bonchev–Trinajstić information content (AvgIpc) is 3.22. The van der Waals surface area contributed by atoms with E-state index >= 15 is 0 Å². The quantitative estimate of drug-likeness (QED) is 0.812. The van der Waals surface area contributed by atoms with Crippen LogP contribution in [0.25, 0.3) is 0 Å². The summed E-state index contributed by atoms with van der Waals surface area (Å²) < 4.78 is 18.5. The van der Waals surface area contributed by atoms with Crippen LogP contribution in [0, 0.1) is 11.7 Å². The molecule has 1 amide bonds. The number of benzene rings is 1. The van der Waals surface area contributed by atoms with E-state index in [9.17, 15) is 9.18 Å². The zero-order valence-corrected chi connectivity index (χ0v) is 13.1. The van der Waals surface area contributed by atoms with Gasteiger partial charge in [-0.3, -0.25) is 4.79 Å². The van der Waals surface area contributed by atoms with Crippen LogP contribution in [0.1, 0.15) is 31.4 Å².